The highest BCUT2D eigenvalue weighted by Gasteiger charge is 2.42. The summed E-state index contributed by atoms with van der Waals surface area (Å²) < 4.78 is 35.6. The van der Waals surface area contributed by atoms with Crippen LogP contribution in [-0.2, 0) is 5.60 Å². The van der Waals surface area contributed by atoms with Crippen LogP contribution in [0.3, 0.4) is 0 Å². The second-order valence-electron chi connectivity index (χ2n) is 9.31. The number of rotatable bonds is 9. The minimum atomic E-state index is -1.69. The molecule has 0 aliphatic rings. The molecule has 4 nitrogen and oxygen atoms in total. The maximum atomic E-state index is 14.5. The summed E-state index contributed by atoms with van der Waals surface area (Å²) in [5.74, 6) is -1.92. The molecule has 4 rings (SSSR count). The molecule has 0 aliphatic carbocycles. The average Bonchev–Trinajstić information content (AvgIpc) is 2.88. The molecule has 0 aliphatic heterocycles. The van der Waals surface area contributed by atoms with Crippen LogP contribution in [0.25, 0.3) is 11.1 Å². The predicted octanol–water partition coefficient (Wildman–Crippen LogP) is 6.77. The number of aromatic nitrogens is 1. The van der Waals surface area contributed by atoms with Crippen molar-refractivity contribution >= 4 is 15.9 Å². The Balaban J connectivity index is 2.00. The molecule has 192 valence electrons. The van der Waals surface area contributed by atoms with Gasteiger partial charge in [0.05, 0.1) is 7.11 Å². The van der Waals surface area contributed by atoms with Gasteiger partial charge < -0.3 is 14.7 Å². The maximum absolute atomic E-state index is 14.5. The molecule has 7 heteroatoms. The van der Waals surface area contributed by atoms with Gasteiger partial charge in [0.15, 0.2) is 0 Å². The van der Waals surface area contributed by atoms with Gasteiger partial charge in [-0.3, -0.25) is 0 Å². The summed E-state index contributed by atoms with van der Waals surface area (Å²) in [5, 5.41) is 12.5. The zero-order valence-corrected chi connectivity index (χ0v) is 22.5. The first-order chi connectivity index (χ1) is 17.7. The van der Waals surface area contributed by atoms with Gasteiger partial charge >= 0.3 is 0 Å². The van der Waals surface area contributed by atoms with Crippen molar-refractivity contribution in [3.63, 3.8) is 0 Å². The molecule has 0 radical (unpaired) electrons. The van der Waals surface area contributed by atoms with Crippen LogP contribution in [0.2, 0.25) is 0 Å². The fourth-order valence-corrected chi connectivity index (χ4v) is 4.92. The van der Waals surface area contributed by atoms with Crippen LogP contribution in [0.15, 0.2) is 89.5 Å². The van der Waals surface area contributed by atoms with E-state index in [-0.39, 0.29) is 12.0 Å². The van der Waals surface area contributed by atoms with E-state index < -0.39 is 23.2 Å². The predicted molar refractivity (Wildman–Crippen MR) is 146 cm³/mol. The number of halogens is 3. The molecule has 37 heavy (non-hydrogen) atoms. The first-order valence-electron chi connectivity index (χ1n) is 11.9. The van der Waals surface area contributed by atoms with Gasteiger partial charge in [0.1, 0.15) is 17.2 Å². The van der Waals surface area contributed by atoms with E-state index in [9.17, 15) is 13.9 Å². The third-order valence-electron chi connectivity index (χ3n) is 6.47. The zero-order valence-electron chi connectivity index (χ0n) is 21.0. The lowest BCUT2D eigenvalue weighted by Crippen LogP contribution is -2.38. The minimum absolute atomic E-state index is 0.150. The number of benzene rings is 3. The molecule has 0 saturated heterocycles. The number of hydrogen-bond donors (Lipinski definition) is 1. The van der Waals surface area contributed by atoms with Crippen LogP contribution >= 0.6 is 15.9 Å². The standard InChI is InChI=1S/C30H29BrF2N2O2/c1-35(2)14-13-30(36,23-16-25(32)18-26(33)17-23)28(21-7-5-4-6-8-21)27-15-22(19-34-29(27)37-3)20-9-11-24(31)12-10-20/h4-12,15-19,28,36H,13-14H2,1-3H3. The van der Waals surface area contributed by atoms with Crippen LogP contribution in [0.4, 0.5) is 8.78 Å². The van der Waals surface area contributed by atoms with Crippen molar-refractivity contribution in [2.45, 2.75) is 17.9 Å². The lowest BCUT2D eigenvalue weighted by atomic mass is 9.71. The van der Waals surface area contributed by atoms with Crippen molar-refractivity contribution in [1.29, 1.82) is 0 Å². The van der Waals surface area contributed by atoms with Crippen molar-refractivity contribution in [2.75, 3.05) is 27.7 Å². The third-order valence-corrected chi connectivity index (χ3v) is 7.00. The average molecular weight is 567 g/mol. The van der Waals surface area contributed by atoms with Gasteiger partial charge in [-0.25, -0.2) is 13.8 Å². The largest absolute Gasteiger partial charge is 0.481 e. The minimum Gasteiger partial charge on any atom is -0.481 e. The fourth-order valence-electron chi connectivity index (χ4n) is 4.66. The summed E-state index contributed by atoms with van der Waals surface area (Å²) in [4.78, 5) is 6.50. The van der Waals surface area contributed by atoms with E-state index in [1.165, 1.54) is 19.2 Å². The quantitative estimate of drug-likeness (QED) is 0.243. The van der Waals surface area contributed by atoms with E-state index in [2.05, 4.69) is 20.9 Å². The number of ether oxygens (including phenoxy) is 1. The van der Waals surface area contributed by atoms with E-state index in [0.29, 0.717) is 18.0 Å². The molecule has 1 aromatic heterocycles. The molecule has 2 unspecified atom stereocenters. The van der Waals surface area contributed by atoms with Crippen LogP contribution < -0.4 is 4.74 Å². The monoisotopic (exact) mass is 566 g/mol. The Labute approximate surface area is 224 Å². The molecular formula is C30H29BrF2N2O2. The van der Waals surface area contributed by atoms with Crippen LogP contribution in [0.5, 0.6) is 5.88 Å². The molecule has 1 heterocycles. The Bertz CT molecular complexity index is 1330. The molecule has 2 atom stereocenters. The highest BCUT2D eigenvalue weighted by molar-refractivity contribution is 9.10. The highest BCUT2D eigenvalue weighted by atomic mass is 79.9. The highest BCUT2D eigenvalue weighted by Crippen LogP contribution is 2.47. The summed E-state index contributed by atoms with van der Waals surface area (Å²) in [6.45, 7) is 0.472. The SMILES string of the molecule is COc1ncc(-c2ccc(Br)cc2)cc1C(c1ccccc1)C(O)(CCN(C)C)c1cc(F)cc(F)c1. The van der Waals surface area contributed by atoms with Crippen LogP contribution in [0.1, 0.15) is 29.0 Å². The smallest absolute Gasteiger partial charge is 0.217 e. The Morgan fingerprint density at radius 1 is 0.946 bits per heavy atom. The Morgan fingerprint density at radius 2 is 1.59 bits per heavy atom. The summed E-state index contributed by atoms with van der Waals surface area (Å²) in [6.07, 6.45) is 1.92. The normalized spacial score (nSPS) is 13.8. The van der Waals surface area contributed by atoms with Crippen molar-refractivity contribution in [3.05, 3.63) is 118 Å². The Hall–Kier alpha value is -3.13. The molecule has 0 bridgehead atoms. The number of pyridine rings is 1. The molecule has 3 aromatic carbocycles. The van der Waals surface area contributed by atoms with E-state index in [1.54, 1.807) is 6.20 Å². The zero-order chi connectivity index (χ0) is 26.6. The maximum Gasteiger partial charge on any atom is 0.217 e. The molecule has 0 spiro atoms. The first-order valence-corrected chi connectivity index (χ1v) is 12.7. The summed E-state index contributed by atoms with van der Waals surface area (Å²) >= 11 is 3.47. The van der Waals surface area contributed by atoms with Gasteiger partial charge in [-0.1, -0.05) is 58.4 Å². The van der Waals surface area contributed by atoms with Crippen molar-refractivity contribution in [3.8, 4) is 17.0 Å². The number of methoxy groups -OCH3 is 1. The van der Waals surface area contributed by atoms with E-state index in [1.807, 2.05) is 79.7 Å². The lowest BCUT2D eigenvalue weighted by molar-refractivity contribution is 0.00322. The number of aliphatic hydroxyl groups is 1. The topological polar surface area (TPSA) is 45.6 Å². The van der Waals surface area contributed by atoms with E-state index in [4.69, 9.17) is 4.74 Å². The van der Waals surface area contributed by atoms with Crippen LogP contribution in [-0.4, -0.2) is 42.7 Å². The molecule has 0 amide bonds. The van der Waals surface area contributed by atoms with Crippen LogP contribution in [0, 0.1) is 11.6 Å². The van der Waals surface area contributed by atoms with Gasteiger partial charge in [-0.05, 0) is 67.5 Å². The van der Waals surface area contributed by atoms with Gasteiger partial charge in [-0.2, -0.15) is 0 Å². The second kappa shape index (κ2) is 11.5. The molecule has 4 aromatic rings. The Kier molecular flexibility index (Phi) is 8.37. The van der Waals surface area contributed by atoms with Gasteiger partial charge in [0, 0.05) is 40.3 Å². The summed E-state index contributed by atoms with van der Waals surface area (Å²) in [7, 11) is 5.30. The number of nitrogens with zero attached hydrogens (tertiary/aromatic N) is 2. The first kappa shape index (κ1) is 26.9. The molecular weight excluding hydrogens is 538 g/mol. The van der Waals surface area contributed by atoms with Gasteiger partial charge in [-0.15, -0.1) is 0 Å². The van der Waals surface area contributed by atoms with E-state index in [0.717, 1.165) is 27.2 Å². The fraction of sp³-hybridized carbons (Fsp3) is 0.233. The number of hydrogen-bond acceptors (Lipinski definition) is 4. The molecule has 0 saturated carbocycles. The molecule has 1 N–H and O–H groups in total. The van der Waals surface area contributed by atoms with Gasteiger partial charge in [0.2, 0.25) is 5.88 Å². The van der Waals surface area contributed by atoms with Gasteiger partial charge in [0.25, 0.3) is 0 Å². The van der Waals surface area contributed by atoms with Crippen molar-refractivity contribution < 1.29 is 18.6 Å². The lowest BCUT2D eigenvalue weighted by Gasteiger charge is -2.39. The van der Waals surface area contributed by atoms with Crippen molar-refractivity contribution in [1.82, 2.24) is 9.88 Å². The summed E-state index contributed by atoms with van der Waals surface area (Å²) in [5.41, 5.74) is 1.59. The molecule has 0 fully saturated rings. The Morgan fingerprint density at radius 3 is 2.19 bits per heavy atom. The van der Waals surface area contributed by atoms with Crippen molar-refractivity contribution in [2.24, 2.45) is 0 Å². The van der Waals surface area contributed by atoms with E-state index >= 15 is 0 Å². The third kappa shape index (κ3) is 6.06. The second-order valence-corrected chi connectivity index (χ2v) is 10.2. The summed E-state index contributed by atoms with van der Waals surface area (Å²) in [6, 6.07) is 22.4.